The Labute approximate surface area is 189 Å². The van der Waals surface area contributed by atoms with Gasteiger partial charge in [0.1, 0.15) is 41.1 Å². The molecule has 0 heterocycles. The van der Waals surface area contributed by atoms with E-state index >= 15 is 0 Å². The number of aliphatic hydroxyl groups excluding tert-OH is 4. The van der Waals surface area contributed by atoms with Crippen molar-refractivity contribution in [1.82, 2.24) is 0 Å². The maximum absolute atomic E-state index is 14.2. The van der Waals surface area contributed by atoms with Gasteiger partial charge in [-0.25, -0.2) is 26.3 Å². The number of halogens is 6. The van der Waals surface area contributed by atoms with Crippen LogP contribution in [-0.4, -0.2) is 66.8 Å². The van der Waals surface area contributed by atoms with Crippen LogP contribution in [0.1, 0.15) is 11.1 Å². The Morgan fingerprint density at radius 3 is 1.56 bits per heavy atom. The fourth-order valence-electron chi connectivity index (χ4n) is 3.52. The Kier molecular flexibility index (Phi) is 8.51. The predicted octanol–water partition coefficient (Wildman–Crippen LogP) is 1.03. The van der Waals surface area contributed by atoms with Crippen molar-refractivity contribution in [1.29, 1.82) is 0 Å². The zero-order valence-electron chi connectivity index (χ0n) is 17.4. The second kappa shape index (κ2) is 10.4. The smallest absolute Gasteiger partial charge is 0.161 e. The maximum Gasteiger partial charge on any atom is 0.161 e. The summed E-state index contributed by atoms with van der Waals surface area (Å²) in [7, 11) is 0. The monoisotopic (exact) mass is 496 g/mol. The molecule has 0 aliphatic heterocycles. The first-order valence-electron chi connectivity index (χ1n) is 9.70. The molecule has 1 unspecified atom stereocenters. The molecule has 0 aromatic heterocycles. The van der Waals surface area contributed by atoms with E-state index in [1.54, 1.807) is 0 Å². The van der Waals surface area contributed by atoms with E-state index in [0.717, 1.165) is 0 Å². The molecule has 0 saturated carbocycles. The summed E-state index contributed by atoms with van der Waals surface area (Å²) in [5, 5.41) is 62.3. The van der Waals surface area contributed by atoms with Crippen LogP contribution in [0.3, 0.4) is 0 Å². The highest BCUT2D eigenvalue weighted by Crippen LogP contribution is 2.34. The molecule has 2 rings (SSSR count). The number of hydrogen-bond donors (Lipinski definition) is 6. The van der Waals surface area contributed by atoms with Crippen molar-refractivity contribution in [2.75, 3.05) is 6.61 Å². The van der Waals surface area contributed by atoms with Crippen LogP contribution in [0.2, 0.25) is 0 Å². The van der Waals surface area contributed by atoms with Gasteiger partial charge in [-0.1, -0.05) is 6.08 Å². The van der Waals surface area contributed by atoms with Gasteiger partial charge in [-0.3, -0.25) is 0 Å². The molecule has 0 radical (unpaired) electrons. The molecule has 0 spiro atoms. The molecule has 0 aliphatic rings. The lowest BCUT2D eigenvalue weighted by Gasteiger charge is -2.45. The summed E-state index contributed by atoms with van der Waals surface area (Å²) in [5.41, 5.74) is -7.61. The van der Waals surface area contributed by atoms with Crippen LogP contribution in [-0.2, 0) is 12.8 Å². The number of rotatable bonds is 10. The molecule has 6 nitrogen and oxygen atoms in total. The lowest BCUT2D eigenvalue weighted by Crippen LogP contribution is -2.66. The van der Waals surface area contributed by atoms with Crippen LogP contribution >= 0.6 is 0 Å². The third-order valence-electron chi connectivity index (χ3n) is 5.49. The largest absolute Gasteiger partial charge is 0.394 e. The second-order valence-electron chi connectivity index (χ2n) is 7.85. The van der Waals surface area contributed by atoms with Crippen molar-refractivity contribution in [2.45, 2.75) is 42.4 Å². The predicted molar refractivity (Wildman–Crippen MR) is 105 cm³/mol. The first kappa shape index (κ1) is 27.8. The summed E-state index contributed by atoms with van der Waals surface area (Å²) in [4.78, 5) is 0. The summed E-state index contributed by atoms with van der Waals surface area (Å²) < 4.78 is 82.1. The lowest BCUT2D eigenvalue weighted by molar-refractivity contribution is -0.218. The van der Waals surface area contributed by atoms with Crippen LogP contribution in [0.5, 0.6) is 0 Å². The minimum Gasteiger partial charge on any atom is -0.394 e. The third-order valence-corrected chi connectivity index (χ3v) is 5.49. The Morgan fingerprint density at radius 2 is 1.15 bits per heavy atom. The van der Waals surface area contributed by atoms with E-state index < -0.39 is 95.0 Å². The van der Waals surface area contributed by atoms with Crippen LogP contribution < -0.4 is 0 Å². The summed E-state index contributed by atoms with van der Waals surface area (Å²) in [6, 6.07) is 0.873. The zero-order chi connectivity index (χ0) is 26.0. The van der Waals surface area contributed by atoms with Gasteiger partial charge < -0.3 is 30.6 Å². The van der Waals surface area contributed by atoms with Gasteiger partial charge in [0, 0.05) is 25.0 Å². The van der Waals surface area contributed by atoms with Crippen molar-refractivity contribution in [2.24, 2.45) is 0 Å². The highest BCUT2D eigenvalue weighted by atomic mass is 19.2. The van der Waals surface area contributed by atoms with Gasteiger partial charge in [-0.05, 0) is 23.3 Å². The van der Waals surface area contributed by atoms with Crippen LogP contribution in [0, 0.1) is 34.9 Å². The average molecular weight is 496 g/mol. The summed E-state index contributed by atoms with van der Waals surface area (Å²) in [5.74, 6) is -9.06. The van der Waals surface area contributed by atoms with Crippen molar-refractivity contribution in [3.8, 4) is 0 Å². The van der Waals surface area contributed by atoms with E-state index in [9.17, 15) is 51.9 Å². The van der Waals surface area contributed by atoms with Gasteiger partial charge >= 0.3 is 0 Å². The molecule has 0 aliphatic carbocycles. The SMILES string of the molecule is C=CC(O)(Cc1cc(F)c(F)cc1F)[C@@H](O)[C@@](O)(Cc1cc(F)c(F)cc1F)[C@H](O)[C@@H](O)CO. The summed E-state index contributed by atoms with van der Waals surface area (Å²) >= 11 is 0. The van der Waals surface area contributed by atoms with E-state index in [4.69, 9.17) is 5.11 Å². The molecule has 6 N–H and O–H groups in total. The topological polar surface area (TPSA) is 121 Å². The summed E-state index contributed by atoms with van der Waals surface area (Å²) in [6.45, 7) is 2.01. The van der Waals surface area contributed by atoms with Gasteiger partial charge in [-0.2, -0.15) is 0 Å². The molecule has 34 heavy (non-hydrogen) atoms. The van der Waals surface area contributed by atoms with Crippen LogP contribution in [0.15, 0.2) is 36.9 Å². The standard InChI is InChI=1S/C22H22F6O6/c1-2-21(33,7-10-3-14(25)16(27)5-12(10)23)20(32)22(34,19(31)18(30)9-29)8-11-4-15(26)17(28)6-13(11)24/h2-6,18-20,29-34H,1,7-9H2/t18-,19+,20+,21?,22+/m0/s1. The second-order valence-corrected chi connectivity index (χ2v) is 7.85. The van der Waals surface area contributed by atoms with Gasteiger partial charge in [0.05, 0.1) is 6.61 Å². The number of benzene rings is 2. The van der Waals surface area contributed by atoms with Crippen molar-refractivity contribution in [3.63, 3.8) is 0 Å². The molecule has 188 valence electrons. The molecule has 2 aromatic rings. The highest BCUT2D eigenvalue weighted by Gasteiger charge is 2.54. The van der Waals surface area contributed by atoms with Crippen LogP contribution in [0.25, 0.3) is 0 Å². The average Bonchev–Trinajstić information content (AvgIpc) is 2.79. The lowest BCUT2D eigenvalue weighted by atomic mass is 9.73. The maximum atomic E-state index is 14.2. The van der Waals surface area contributed by atoms with E-state index in [1.165, 1.54) is 0 Å². The third kappa shape index (κ3) is 5.43. The number of aliphatic hydroxyl groups is 6. The Bertz CT molecular complexity index is 1050. The molecule has 0 amide bonds. The van der Waals surface area contributed by atoms with Crippen molar-refractivity contribution >= 4 is 0 Å². The quantitative estimate of drug-likeness (QED) is 0.166. The number of hydrogen-bond acceptors (Lipinski definition) is 6. The molecular formula is C22H22F6O6. The van der Waals surface area contributed by atoms with E-state index in [0.29, 0.717) is 12.1 Å². The molecule has 5 atom stereocenters. The summed E-state index contributed by atoms with van der Waals surface area (Å²) in [6.07, 6.45) is -9.27. The molecule has 0 bridgehead atoms. The minimum atomic E-state index is -3.22. The van der Waals surface area contributed by atoms with Crippen molar-refractivity contribution < 1.29 is 57.0 Å². The van der Waals surface area contributed by atoms with E-state index in [2.05, 4.69) is 6.58 Å². The molecular weight excluding hydrogens is 474 g/mol. The molecule has 12 heteroatoms. The minimum absolute atomic E-state index is 0.0999. The van der Waals surface area contributed by atoms with Gasteiger partial charge in [-0.15, -0.1) is 6.58 Å². The van der Waals surface area contributed by atoms with E-state index in [-0.39, 0.29) is 18.2 Å². The molecule has 0 saturated heterocycles. The Morgan fingerprint density at radius 1 is 0.735 bits per heavy atom. The first-order valence-corrected chi connectivity index (χ1v) is 9.70. The van der Waals surface area contributed by atoms with E-state index in [1.807, 2.05) is 0 Å². The Hall–Kier alpha value is -2.48. The van der Waals surface area contributed by atoms with Crippen molar-refractivity contribution in [3.05, 3.63) is 83.0 Å². The highest BCUT2D eigenvalue weighted by molar-refractivity contribution is 5.28. The fourth-order valence-corrected chi connectivity index (χ4v) is 3.52. The Balaban J connectivity index is 2.59. The van der Waals surface area contributed by atoms with Crippen LogP contribution in [0.4, 0.5) is 26.3 Å². The van der Waals surface area contributed by atoms with Gasteiger partial charge in [0.15, 0.2) is 23.3 Å². The normalized spacial score (nSPS) is 18.0. The van der Waals surface area contributed by atoms with Gasteiger partial charge in [0.25, 0.3) is 0 Å². The first-order chi connectivity index (χ1) is 15.7. The van der Waals surface area contributed by atoms with Gasteiger partial charge in [0.2, 0.25) is 0 Å². The molecule has 0 fully saturated rings. The fraction of sp³-hybridized carbons (Fsp3) is 0.364. The molecule has 2 aromatic carbocycles. The zero-order valence-corrected chi connectivity index (χ0v) is 17.4.